The lowest BCUT2D eigenvalue weighted by atomic mass is 10.1. The lowest BCUT2D eigenvalue weighted by Crippen LogP contribution is -2.27. The quantitative estimate of drug-likeness (QED) is 0.784. The van der Waals surface area contributed by atoms with Crippen LogP contribution in [0.3, 0.4) is 0 Å². The Kier molecular flexibility index (Phi) is 4.45. The number of nitrogens with zero attached hydrogens (tertiary/aromatic N) is 3. The molecule has 1 amide bonds. The summed E-state index contributed by atoms with van der Waals surface area (Å²) in [6.45, 7) is 1.07. The fourth-order valence-corrected chi connectivity index (χ4v) is 2.93. The van der Waals surface area contributed by atoms with Crippen molar-refractivity contribution in [2.24, 2.45) is 0 Å². The number of amides is 1. The number of hydrogen-bond donors (Lipinski definition) is 1. The fourth-order valence-electron chi connectivity index (χ4n) is 2.93. The van der Waals surface area contributed by atoms with Gasteiger partial charge in [0, 0.05) is 6.54 Å². The number of rotatable bonds is 4. The zero-order valence-electron chi connectivity index (χ0n) is 13.9. The van der Waals surface area contributed by atoms with Gasteiger partial charge in [-0.2, -0.15) is 0 Å². The Labute approximate surface area is 149 Å². The minimum Gasteiger partial charge on any atom is -0.365 e. The smallest absolute Gasteiger partial charge is 0.274 e. The zero-order chi connectivity index (χ0) is 17.9. The number of carbonyl (C=O) groups excluding carboxylic acids is 1. The van der Waals surface area contributed by atoms with E-state index in [0.29, 0.717) is 18.8 Å². The number of aromatic nitrogens is 3. The van der Waals surface area contributed by atoms with E-state index in [1.165, 1.54) is 12.1 Å². The van der Waals surface area contributed by atoms with Crippen molar-refractivity contribution < 1.29 is 13.9 Å². The molecule has 26 heavy (non-hydrogen) atoms. The van der Waals surface area contributed by atoms with Crippen molar-refractivity contribution in [2.75, 3.05) is 0 Å². The summed E-state index contributed by atoms with van der Waals surface area (Å²) in [5.74, 6) is -0.630. The highest BCUT2D eigenvalue weighted by Crippen LogP contribution is 2.26. The highest BCUT2D eigenvalue weighted by atomic mass is 19.1. The molecule has 2 aromatic carbocycles. The number of hydrogen-bond acceptors (Lipinski definition) is 4. The summed E-state index contributed by atoms with van der Waals surface area (Å²) in [6, 6.07) is 15.9. The second kappa shape index (κ2) is 7.05. The van der Waals surface area contributed by atoms with Crippen LogP contribution in [0.5, 0.6) is 0 Å². The number of nitrogens with one attached hydrogen (secondary N) is 1. The second-order valence-corrected chi connectivity index (χ2v) is 6.09. The van der Waals surface area contributed by atoms with Crippen molar-refractivity contribution in [3.63, 3.8) is 0 Å². The van der Waals surface area contributed by atoms with Gasteiger partial charge in [0.2, 0.25) is 0 Å². The maximum Gasteiger partial charge on any atom is 0.274 e. The fraction of sp³-hybridized carbons (Fsp3) is 0.211. The summed E-state index contributed by atoms with van der Waals surface area (Å²) in [4.78, 5) is 12.4. The van der Waals surface area contributed by atoms with Gasteiger partial charge in [-0.05, 0) is 23.3 Å². The van der Waals surface area contributed by atoms with Crippen LogP contribution >= 0.6 is 0 Å². The van der Waals surface area contributed by atoms with Crippen molar-refractivity contribution in [3.05, 3.63) is 82.9 Å². The van der Waals surface area contributed by atoms with Gasteiger partial charge in [-0.25, -0.2) is 9.07 Å². The Morgan fingerprint density at radius 3 is 2.73 bits per heavy atom. The molecule has 6 nitrogen and oxygen atoms in total. The van der Waals surface area contributed by atoms with E-state index in [0.717, 1.165) is 11.1 Å². The van der Waals surface area contributed by atoms with Gasteiger partial charge in [0.1, 0.15) is 11.9 Å². The molecule has 2 heterocycles. The van der Waals surface area contributed by atoms with E-state index in [9.17, 15) is 9.18 Å². The zero-order valence-corrected chi connectivity index (χ0v) is 13.9. The van der Waals surface area contributed by atoms with Gasteiger partial charge in [0.05, 0.1) is 18.8 Å². The Bertz CT molecular complexity index is 909. The van der Waals surface area contributed by atoms with Crippen LogP contribution in [0.25, 0.3) is 0 Å². The van der Waals surface area contributed by atoms with Gasteiger partial charge in [0.25, 0.3) is 5.91 Å². The topological polar surface area (TPSA) is 69.0 Å². The van der Waals surface area contributed by atoms with Gasteiger partial charge in [-0.1, -0.05) is 47.7 Å². The van der Waals surface area contributed by atoms with Crippen LogP contribution in [-0.2, 0) is 24.4 Å². The molecular weight excluding hydrogens is 335 g/mol. The van der Waals surface area contributed by atoms with Crippen LogP contribution in [0.1, 0.15) is 33.4 Å². The van der Waals surface area contributed by atoms with E-state index in [2.05, 4.69) is 15.6 Å². The third-order valence-corrected chi connectivity index (χ3v) is 4.35. The summed E-state index contributed by atoms with van der Waals surface area (Å²) in [6.07, 6.45) is -0.111. The lowest BCUT2D eigenvalue weighted by Gasteiger charge is -2.24. The van der Waals surface area contributed by atoms with E-state index in [1.807, 2.05) is 30.3 Å². The molecule has 1 N–H and O–H groups in total. The normalized spacial score (nSPS) is 16.1. The molecule has 4 rings (SSSR count). The number of carbonyl (C=O) groups is 1. The number of fused-ring (bicyclic) bond motifs is 1. The lowest BCUT2D eigenvalue weighted by molar-refractivity contribution is -0.00177. The number of ether oxygens (including phenoxy) is 1. The maximum atomic E-state index is 12.9. The molecule has 1 atom stereocenters. The summed E-state index contributed by atoms with van der Waals surface area (Å²) in [7, 11) is 0. The molecule has 1 aliphatic rings. The Balaban J connectivity index is 1.44. The summed E-state index contributed by atoms with van der Waals surface area (Å²) < 4.78 is 20.5. The molecule has 0 bridgehead atoms. The first-order valence-electron chi connectivity index (χ1n) is 8.32. The SMILES string of the molecule is O=C(NCc1ccc(F)cc1)c1nnn2c1COC(c1ccccc1)C2. The van der Waals surface area contributed by atoms with E-state index in [4.69, 9.17) is 4.74 Å². The molecule has 0 radical (unpaired) electrons. The molecule has 132 valence electrons. The standard InChI is InChI=1S/C19H17FN4O2/c20-15-8-6-13(7-9-15)10-21-19(25)18-16-12-26-17(11-24(16)23-22-18)14-4-2-1-3-5-14/h1-9,17H,10-12H2,(H,21,25). The van der Waals surface area contributed by atoms with Crippen molar-refractivity contribution in [1.29, 1.82) is 0 Å². The predicted octanol–water partition coefficient (Wildman–Crippen LogP) is 2.62. The van der Waals surface area contributed by atoms with Gasteiger partial charge in [-0.3, -0.25) is 4.79 Å². The van der Waals surface area contributed by atoms with Crippen LogP contribution in [0.15, 0.2) is 54.6 Å². The van der Waals surface area contributed by atoms with E-state index >= 15 is 0 Å². The summed E-state index contributed by atoms with van der Waals surface area (Å²) in [5, 5.41) is 10.9. The van der Waals surface area contributed by atoms with E-state index < -0.39 is 0 Å². The highest BCUT2D eigenvalue weighted by molar-refractivity contribution is 5.93. The van der Waals surface area contributed by atoms with Crippen molar-refractivity contribution in [2.45, 2.75) is 25.8 Å². The van der Waals surface area contributed by atoms with Gasteiger partial charge < -0.3 is 10.1 Å². The van der Waals surface area contributed by atoms with Gasteiger partial charge in [0.15, 0.2) is 5.69 Å². The molecule has 0 saturated carbocycles. The third-order valence-electron chi connectivity index (χ3n) is 4.35. The minimum absolute atomic E-state index is 0.111. The minimum atomic E-state index is -0.322. The van der Waals surface area contributed by atoms with Gasteiger partial charge in [-0.15, -0.1) is 5.10 Å². The van der Waals surface area contributed by atoms with Crippen LogP contribution in [-0.4, -0.2) is 20.9 Å². The molecule has 0 saturated heterocycles. The second-order valence-electron chi connectivity index (χ2n) is 6.09. The maximum absolute atomic E-state index is 12.9. The third kappa shape index (κ3) is 3.34. The molecule has 0 aliphatic carbocycles. The van der Waals surface area contributed by atoms with Crippen LogP contribution in [0.2, 0.25) is 0 Å². The molecule has 0 fully saturated rings. The largest absolute Gasteiger partial charge is 0.365 e. The molecule has 0 spiro atoms. The van der Waals surface area contributed by atoms with E-state index in [1.54, 1.807) is 16.8 Å². The first-order valence-corrected chi connectivity index (χ1v) is 8.32. The van der Waals surface area contributed by atoms with Crippen LogP contribution in [0.4, 0.5) is 4.39 Å². The molecule has 3 aromatic rings. The monoisotopic (exact) mass is 352 g/mol. The Morgan fingerprint density at radius 2 is 1.96 bits per heavy atom. The van der Waals surface area contributed by atoms with Crippen molar-refractivity contribution in [3.8, 4) is 0 Å². The van der Waals surface area contributed by atoms with E-state index in [-0.39, 0.29) is 30.1 Å². The summed E-state index contributed by atoms with van der Waals surface area (Å²) >= 11 is 0. The first-order chi connectivity index (χ1) is 12.7. The van der Waals surface area contributed by atoms with Gasteiger partial charge >= 0.3 is 0 Å². The first kappa shape index (κ1) is 16.4. The molecule has 1 aliphatic heterocycles. The highest BCUT2D eigenvalue weighted by Gasteiger charge is 2.27. The molecule has 7 heteroatoms. The molecule has 1 unspecified atom stereocenters. The number of halogens is 1. The Morgan fingerprint density at radius 1 is 1.19 bits per heavy atom. The van der Waals surface area contributed by atoms with Crippen molar-refractivity contribution >= 4 is 5.91 Å². The predicted molar refractivity (Wildman–Crippen MR) is 91.6 cm³/mol. The van der Waals surface area contributed by atoms with Crippen LogP contribution < -0.4 is 5.32 Å². The van der Waals surface area contributed by atoms with Crippen LogP contribution in [0, 0.1) is 5.82 Å². The Hall–Kier alpha value is -3.06. The van der Waals surface area contributed by atoms with Crippen molar-refractivity contribution in [1.82, 2.24) is 20.3 Å². The average Bonchev–Trinajstić information content (AvgIpc) is 3.11. The average molecular weight is 352 g/mol. The molecule has 1 aromatic heterocycles. The molecular formula is C19H17FN4O2. The number of benzene rings is 2. The summed E-state index contributed by atoms with van der Waals surface area (Å²) in [5.41, 5.74) is 2.80.